The lowest BCUT2D eigenvalue weighted by molar-refractivity contribution is 0.237. The summed E-state index contributed by atoms with van der Waals surface area (Å²) in [7, 11) is 0. The third kappa shape index (κ3) is 1.96. The van der Waals surface area contributed by atoms with Crippen LogP contribution in [0.2, 0.25) is 0 Å². The molecule has 18 heavy (non-hydrogen) atoms. The average Bonchev–Trinajstić information content (AvgIpc) is 2.94. The summed E-state index contributed by atoms with van der Waals surface area (Å²) >= 11 is 0. The van der Waals surface area contributed by atoms with E-state index in [1.54, 1.807) is 18.5 Å². The maximum absolute atomic E-state index is 12.3. The molecule has 2 heterocycles. The van der Waals surface area contributed by atoms with Crippen LogP contribution in [0, 0.1) is 6.92 Å². The van der Waals surface area contributed by atoms with E-state index in [1.165, 1.54) is 9.36 Å². The molecule has 0 saturated heterocycles. The highest BCUT2D eigenvalue weighted by Crippen LogP contribution is 2.22. The minimum atomic E-state index is -0.230. The predicted octanol–water partition coefficient (Wildman–Crippen LogP) is 2.59. The van der Waals surface area contributed by atoms with Crippen LogP contribution in [0.3, 0.4) is 0 Å². The lowest BCUT2D eigenvalue weighted by Gasteiger charge is -2.09. The monoisotopic (exact) mass is 246 g/mol. The van der Waals surface area contributed by atoms with Crippen molar-refractivity contribution in [2.75, 3.05) is 0 Å². The lowest BCUT2D eigenvalue weighted by Crippen LogP contribution is -2.23. The van der Waals surface area contributed by atoms with Gasteiger partial charge >= 0.3 is 6.03 Å². The summed E-state index contributed by atoms with van der Waals surface area (Å²) in [5.41, 5.74) is 3.04. The normalized spacial score (nSPS) is 11.2. The molecule has 0 fully saturated rings. The second-order valence-electron chi connectivity index (χ2n) is 4.61. The highest BCUT2D eigenvalue weighted by atomic mass is 16.2. The molecule has 96 valence electrons. The minimum Gasteiger partial charge on any atom is -0.244 e. The van der Waals surface area contributed by atoms with Crippen LogP contribution in [0.15, 0.2) is 18.5 Å². The fraction of sp³-hybridized carbons (Fsp3) is 0.462. The molecule has 0 aliphatic carbocycles. The molecule has 0 atom stereocenters. The van der Waals surface area contributed by atoms with E-state index in [-0.39, 0.29) is 11.9 Å². The zero-order valence-electron chi connectivity index (χ0n) is 11.2. The van der Waals surface area contributed by atoms with Crippen molar-refractivity contribution in [1.82, 2.24) is 19.6 Å². The Labute approximate surface area is 106 Å². The van der Waals surface area contributed by atoms with Crippen LogP contribution in [0.5, 0.6) is 0 Å². The molecule has 2 aromatic heterocycles. The maximum atomic E-state index is 12.3. The Morgan fingerprint density at radius 3 is 2.67 bits per heavy atom. The molecule has 0 spiro atoms. The van der Waals surface area contributed by atoms with E-state index >= 15 is 0 Å². The van der Waals surface area contributed by atoms with E-state index in [9.17, 15) is 4.79 Å². The number of carbonyl (C=O) groups is 1. The Bertz CT molecular complexity index is 552. The second kappa shape index (κ2) is 4.76. The standard InChI is InChI=1S/C13H18N4O/c1-5-11-10(4)12(9(2)3)17(15-11)13(18)16-8-6-7-14-16/h6-9H,5H2,1-4H3. The van der Waals surface area contributed by atoms with Gasteiger partial charge in [-0.15, -0.1) is 0 Å². The Kier molecular flexibility index (Phi) is 3.32. The summed E-state index contributed by atoms with van der Waals surface area (Å²) in [6, 6.07) is 1.50. The summed E-state index contributed by atoms with van der Waals surface area (Å²) in [5.74, 6) is 0.248. The molecule has 0 aromatic carbocycles. The molecular formula is C13H18N4O. The van der Waals surface area contributed by atoms with Crippen LogP contribution < -0.4 is 0 Å². The van der Waals surface area contributed by atoms with E-state index < -0.39 is 0 Å². The van der Waals surface area contributed by atoms with E-state index in [2.05, 4.69) is 24.0 Å². The topological polar surface area (TPSA) is 52.7 Å². The fourth-order valence-corrected chi connectivity index (χ4v) is 2.19. The average molecular weight is 246 g/mol. The minimum absolute atomic E-state index is 0.230. The molecule has 0 saturated carbocycles. The Hall–Kier alpha value is -1.91. The van der Waals surface area contributed by atoms with Crippen molar-refractivity contribution in [2.45, 2.75) is 40.0 Å². The molecule has 2 aromatic rings. The summed E-state index contributed by atoms with van der Waals surface area (Å²) < 4.78 is 2.78. The van der Waals surface area contributed by atoms with E-state index in [0.717, 1.165) is 23.4 Å². The van der Waals surface area contributed by atoms with Gasteiger partial charge in [0.25, 0.3) is 0 Å². The summed E-state index contributed by atoms with van der Waals surface area (Å²) in [6.45, 7) is 8.20. The van der Waals surface area contributed by atoms with Crippen LogP contribution in [-0.4, -0.2) is 25.6 Å². The largest absolute Gasteiger partial charge is 0.369 e. The molecule has 0 bridgehead atoms. The van der Waals surface area contributed by atoms with Crippen molar-refractivity contribution in [1.29, 1.82) is 0 Å². The second-order valence-corrected chi connectivity index (χ2v) is 4.61. The third-order valence-corrected chi connectivity index (χ3v) is 3.03. The predicted molar refractivity (Wildman–Crippen MR) is 68.9 cm³/mol. The maximum Gasteiger partial charge on any atom is 0.369 e. The number of aryl methyl sites for hydroxylation is 1. The number of rotatable bonds is 2. The van der Waals surface area contributed by atoms with E-state index in [1.807, 2.05) is 13.8 Å². The molecule has 0 aliphatic heterocycles. The van der Waals surface area contributed by atoms with Gasteiger partial charge in [-0.1, -0.05) is 20.8 Å². The Balaban J connectivity index is 2.53. The van der Waals surface area contributed by atoms with Crippen LogP contribution >= 0.6 is 0 Å². The smallest absolute Gasteiger partial charge is 0.244 e. The van der Waals surface area contributed by atoms with Gasteiger partial charge in [0.15, 0.2) is 0 Å². The molecule has 0 unspecified atom stereocenters. The number of carbonyl (C=O) groups excluding carboxylic acids is 1. The first-order valence-corrected chi connectivity index (χ1v) is 6.19. The van der Waals surface area contributed by atoms with Crippen molar-refractivity contribution in [3.05, 3.63) is 35.4 Å². The van der Waals surface area contributed by atoms with Crippen LogP contribution in [-0.2, 0) is 6.42 Å². The molecule has 0 N–H and O–H groups in total. The van der Waals surface area contributed by atoms with Crippen molar-refractivity contribution < 1.29 is 4.79 Å². The zero-order chi connectivity index (χ0) is 13.3. The van der Waals surface area contributed by atoms with Gasteiger partial charge in [-0.2, -0.15) is 19.6 Å². The number of aromatic nitrogens is 4. The molecule has 2 rings (SSSR count). The Morgan fingerprint density at radius 2 is 2.17 bits per heavy atom. The molecule has 0 radical (unpaired) electrons. The highest BCUT2D eigenvalue weighted by molar-refractivity contribution is 5.78. The van der Waals surface area contributed by atoms with Gasteiger partial charge in [0.05, 0.1) is 11.4 Å². The van der Waals surface area contributed by atoms with Gasteiger partial charge in [0.1, 0.15) is 0 Å². The quantitative estimate of drug-likeness (QED) is 0.818. The van der Waals surface area contributed by atoms with Crippen molar-refractivity contribution in [3.8, 4) is 0 Å². The first-order valence-electron chi connectivity index (χ1n) is 6.19. The van der Waals surface area contributed by atoms with Gasteiger partial charge in [-0.25, -0.2) is 4.79 Å². The molecule has 5 nitrogen and oxygen atoms in total. The number of hydrogen-bond donors (Lipinski definition) is 0. The van der Waals surface area contributed by atoms with Gasteiger partial charge in [0, 0.05) is 12.4 Å². The molecular weight excluding hydrogens is 228 g/mol. The van der Waals surface area contributed by atoms with Crippen LogP contribution in [0.25, 0.3) is 0 Å². The summed E-state index contributed by atoms with van der Waals surface area (Å²) in [5, 5.41) is 8.38. The van der Waals surface area contributed by atoms with E-state index in [0.29, 0.717) is 0 Å². The number of nitrogens with zero attached hydrogens (tertiary/aromatic N) is 4. The lowest BCUT2D eigenvalue weighted by atomic mass is 10.0. The summed E-state index contributed by atoms with van der Waals surface area (Å²) in [4.78, 5) is 12.3. The van der Waals surface area contributed by atoms with Crippen molar-refractivity contribution >= 4 is 6.03 Å². The van der Waals surface area contributed by atoms with Crippen LogP contribution in [0.4, 0.5) is 4.79 Å². The van der Waals surface area contributed by atoms with E-state index in [4.69, 9.17) is 0 Å². The van der Waals surface area contributed by atoms with Gasteiger partial charge in [-0.3, -0.25) is 0 Å². The first-order chi connectivity index (χ1) is 8.56. The van der Waals surface area contributed by atoms with Crippen molar-refractivity contribution in [3.63, 3.8) is 0 Å². The van der Waals surface area contributed by atoms with Gasteiger partial charge in [0.2, 0.25) is 0 Å². The van der Waals surface area contributed by atoms with Crippen molar-refractivity contribution in [2.24, 2.45) is 0 Å². The molecule has 0 aliphatic rings. The number of hydrogen-bond acceptors (Lipinski definition) is 3. The first kappa shape index (κ1) is 12.5. The van der Waals surface area contributed by atoms with Crippen LogP contribution in [0.1, 0.15) is 43.6 Å². The Morgan fingerprint density at radius 1 is 1.44 bits per heavy atom. The third-order valence-electron chi connectivity index (χ3n) is 3.03. The molecule has 5 heteroatoms. The zero-order valence-corrected chi connectivity index (χ0v) is 11.2. The summed E-state index contributed by atoms with van der Waals surface area (Å²) in [6.07, 6.45) is 4.05. The SMILES string of the molecule is CCc1nn(C(=O)n2cccn2)c(C(C)C)c1C. The highest BCUT2D eigenvalue weighted by Gasteiger charge is 2.21. The van der Waals surface area contributed by atoms with Gasteiger partial charge < -0.3 is 0 Å². The fourth-order valence-electron chi connectivity index (χ4n) is 2.19. The van der Waals surface area contributed by atoms with Gasteiger partial charge in [-0.05, 0) is 30.9 Å². The molecule has 0 amide bonds.